The van der Waals surface area contributed by atoms with Crippen LogP contribution in [0.4, 0.5) is 19.0 Å². The molecule has 0 spiro atoms. The summed E-state index contributed by atoms with van der Waals surface area (Å²) in [5, 5.41) is 11.1. The number of aryl methyl sites for hydroxylation is 1. The van der Waals surface area contributed by atoms with Crippen molar-refractivity contribution in [2.24, 2.45) is 0 Å². The smallest absolute Gasteiger partial charge is 0.416 e. The summed E-state index contributed by atoms with van der Waals surface area (Å²) in [4.78, 5) is 8.45. The van der Waals surface area contributed by atoms with Gasteiger partial charge < -0.3 is 9.32 Å². The van der Waals surface area contributed by atoms with Gasteiger partial charge in [0.15, 0.2) is 5.65 Å². The summed E-state index contributed by atoms with van der Waals surface area (Å²) in [5.74, 6) is -0.495. The molecule has 0 aliphatic carbocycles. The molecule has 26 heavy (non-hydrogen) atoms. The van der Waals surface area contributed by atoms with Gasteiger partial charge in [-0.1, -0.05) is 0 Å². The van der Waals surface area contributed by atoms with E-state index >= 15 is 0 Å². The molecule has 0 bridgehead atoms. The van der Waals surface area contributed by atoms with Crippen LogP contribution in [-0.4, -0.2) is 55.9 Å². The molecule has 3 aromatic heterocycles. The van der Waals surface area contributed by atoms with Crippen LogP contribution in [0, 0.1) is 6.92 Å². The van der Waals surface area contributed by atoms with Gasteiger partial charge in [0, 0.05) is 26.2 Å². The topological polar surface area (TPSA) is 75.6 Å². The number of imidazole rings is 1. The van der Waals surface area contributed by atoms with Gasteiger partial charge in [-0.15, -0.1) is 15.3 Å². The minimum atomic E-state index is -4.61. The monoisotopic (exact) mass is 367 g/mol. The second-order valence-corrected chi connectivity index (χ2v) is 6.14. The van der Waals surface area contributed by atoms with Gasteiger partial charge in [-0.3, -0.25) is 4.90 Å². The lowest BCUT2D eigenvalue weighted by atomic mass is 10.3. The summed E-state index contributed by atoms with van der Waals surface area (Å²) in [6, 6.07) is 3.84. The summed E-state index contributed by atoms with van der Waals surface area (Å²) in [6.45, 7) is 4.83. The van der Waals surface area contributed by atoms with Gasteiger partial charge in [0.05, 0.1) is 18.4 Å². The van der Waals surface area contributed by atoms with E-state index in [0.717, 1.165) is 17.2 Å². The van der Waals surface area contributed by atoms with E-state index in [-0.39, 0.29) is 12.4 Å². The molecule has 4 rings (SSSR count). The van der Waals surface area contributed by atoms with Crippen molar-refractivity contribution in [3.05, 3.63) is 35.8 Å². The normalized spacial score (nSPS) is 16.5. The average molecular weight is 367 g/mol. The van der Waals surface area contributed by atoms with Crippen LogP contribution in [0.25, 0.3) is 5.65 Å². The number of anilines is 1. The zero-order valence-corrected chi connectivity index (χ0v) is 13.9. The number of halogens is 3. The van der Waals surface area contributed by atoms with Crippen LogP contribution in [0.1, 0.15) is 17.5 Å². The van der Waals surface area contributed by atoms with Crippen LogP contribution >= 0.6 is 0 Å². The quantitative estimate of drug-likeness (QED) is 0.698. The molecule has 0 radical (unpaired) electrons. The lowest BCUT2D eigenvalue weighted by Crippen LogP contribution is -2.46. The number of rotatable bonds is 3. The van der Waals surface area contributed by atoms with E-state index in [0.29, 0.717) is 26.2 Å². The molecule has 0 unspecified atom stereocenters. The molecular formula is C15H16F3N7O. The SMILES string of the molecule is Cc1cn2nc(N3CCN(Cc4nnc(C(F)(F)F)o4)CC3)ccc2n1. The van der Waals surface area contributed by atoms with Gasteiger partial charge >= 0.3 is 12.1 Å². The first-order chi connectivity index (χ1) is 12.4. The molecule has 1 fully saturated rings. The van der Waals surface area contributed by atoms with Crippen LogP contribution < -0.4 is 4.90 Å². The Morgan fingerprint density at radius 3 is 2.58 bits per heavy atom. The zero-order chi connectivity index (χ0) is 18.3. The number of hydrogen-bond donors (Lipinski definition) is 0. The first kappa shape index (κ1) is 16.8. The number of hydrogen-bond acceptors (Lipinski definition) is 7. The highest BCUT2D eigenvalue weighted by Crippen LogP contribution is 2.28. The Labute approximate surface area is 146 Å². The second-order valence-electron chi connectivity index (χ2n) is 6.14. The molecule has 1 saturated heterocycles. The Morgan fingerprint density at radius 1 is 1.12 bits per heavy atom. The number of aromatic nitrogens is 5. The van der Waals surface area contributed by atoms with E-state index in [1.54, 1.807) is 4.52 Å². The summed E-state index contributed by atoms with van der Waals surface area (Å²) in [6.07, 6.45) is -2.75. The highest BCUT2D eigenvalue weighted by molar-refractivity contribution is 5.46. The maximum Gasteiger partial charge on any atom is 0.470 e. The predicted octanol–water partition coefficient (Wildman–Crippen LogP) is 1.76. The molecule has 0 atom stereocenters. The Kier molecular flexibility index (Phi) is 4.02. The highest BCUT2D eigenvalue weighted by atomic mass is 19.4. The van der Waals surface area contributed by atoms with Crippen molar-refractivity contribution in [1.82, 2.24) is 29.7 Å². The van der Waals surface area contributed by atoms with Crippen LogP contribution in [0.15, 0.2) is 22.7 Å². The van der Waals surface area contributed by atoms with Crippen molar-refractivity contribution in [2.45, 2.75) is 19.6 Å². The Hall–Kier alpha value is -2.69. The highest BCUT2D eigenvalue weighted by Gasteiger charge is 2.38. The Balaban J connectivity index is 1.38. The van der Waals surface area contributed by atoms with Crippen LogP contribution in [-0.2, 0) is 12.7 Å². The van der Waals surface area contributed by atoms with Crippen molar-refractivity contribution in [1.29, 1.82) is 0 Å². The molecule has 3 aromatic rings. The summed E-state index contributed by atoms with van der Waals surface area (Å²) >= 11 is 0. The van der Waals surface area contributed by atoms with E-state index in [2.05, 4.69) is 29.6 Å². The van der Waals surface area contributed by atoms with Crippen LogP contribution in [0.2, 0.25) is 0 Å². The predicted molar refractivity (Wildman–Crippen MR) is 84.5 cm³/mol. The van der Waals surface area contributed by atoms with Crippen molar-refractivity contribution in [3.63, 3.8) is 0 Å². The van der Waals surface area contributed by atoms with E-state index in [1.165, 1.54) is 0 Å². The van der Waals surface area contributed by atoms with Gasteiger partial charge in [0.2, 0.25) is 5.89 Å². The summed E-state index contributed by atoms with van der Waals surface area (Å²) < 4.78 is 43.9. The third-order valence-electron chi connectivity index (χ3n) is 4.19. The molecule has 0 saturated carbocycles. The third kappa shape index (κ3) is 3.34. The van der Waals surface area contributed by atoms with Crippen molar-refractivity contribution >= 4 is 11.5 Å². The number of fused-ring (bicyclic) bond motifs is 1. The van der Waals surface area contributed by atoms with E-state index in [4.69, 9.17) is 0 Å². The van der Waals surface area contributed by atoms with E-state index in [9.17, 15) is 13.2 Å². The zero-order valence-electron chi connectivity index (χ0n) is 13.9. The fourth-order valence-electron chi connectivity index (χ4n) is 2.92. The molecular weight excluding hydrogens is 351 g/mol. The molecule has 1 aliphatic heterocycles. The van der Waals surface area contributed by atoms with Crippen LogP contribution in [0.3, 0.4) is 0 Å². The second kappa shape index (κ2) is 6.24. The molecule has 0 amide bonds. The van der Waals surface area contributed by atoms with Crippen molar-refractivity contribution in [2.75, 3.05) is 31.1 Å². The van der Waals surface area contributed by atoms with E-state index in [1.807, 2.05) is 30.2 Å². The first-order valence-corrected chi connectivity index (χ1v) is 8.08. The Morgan fingerprint density at radius 2 is 1.88 bits per heavy atom. The minimum absolute atomic E-state index is 0.0285. The molecule has 0 N–H and O–H groups in total. The molecule has 4 heterocycles. The van der Waals surface area contributed by atoms with Gasteiger partial charge in [-0.2, -0.15) is 13.2 Å². The maximum absolute atomic E-state index is 12.5. The van der Waals surface area contributed by atoms with Crippen molar-refractivity contribution in [3.8, 4) is 0 Å². The van der Waals surface area contributed by atoms with Gasteiger partial charge in [0.25, 0.3) is 0 Å². The maximum atomic E-state index is 12.5. The molecule has 138 valence electrons. The van der Waals surface area contributed by atoms with Gasteiger partial charge in [-0.05, 0) is 19.1 Å². The largest absolute Gasteiger partial charge is 0.470 e. The molecule has 1 aliphatic rings. The summed E-state index contributed by atoms with van der Waals surface area (Å²) in [7, 11) is 0. The van der Waals surface area contributed by atoms with Crippen molar-refractivity contribution < 1.29 is 17.6 Å². The number of nitrogens with zero attached hydrogens (tertiary/aromatic N) is 7. The fourth-order valence-corrected chi connectivity index (χ4v) is 2.92. The Bertz CT molecular complexity index is 911. The number of piperazine rings is 1. The molecule has 0 aromatic carbocycles. The summed E-state index contributed by atoms with van der Waals surface area (Å²) in [5.41, 5.74) is 1.69. The average Bonchev–Trinajstić information content (AvgIpc) is 3.20. The molecule has 8 nitrogen and oxygen atoms in total. The van der Waals surface area contributed by atoms with Crippen LogP contribution in [0.5, 0.6) is 0 Å². The lowest BCUT2D eigenvalue weighted by molar-refractivity contribution is -0.157. The van der Waals surface area contributed by atoms with Gasteiger partial charge in [-0.25, -0.2) is 9.50 Å². The number of alkyl halides is 3. The minimum Gasteiger partial charge on any atom is -0.416 e. The standard InChI is InChI=1S/C15H16F3N7O/c1-10-8-25-11(19-10)2-3-12(22-25)24-6-4-23(5-7-24)9-13-20-21-14(26-13)15(16,17)18/h2-3,8H,4-7,9H2,1H3. The molecule has 11 heteroatoms. The van der Waals surface area contributed by atoms with E-state index < -0.39 is 12.1 Å². The lowest BCUT2D eigenvalue weighted by Gasteiger charge is -2.34. The fraction of sp³-hybridized carbons (Fsp3) is 0.467. The van der Waals surface area contributed by atoms with Gasteiger partial charge in [0.1, 0.15) is 5.82 Å². The first-order valence-electron chi connectivity index (χ1n) is 8.08. The third-order valence-corrected chi connectivity index (χ3v) is 4.19.